The SMILES string of the molecule is CN1CCC(CCNC(=O)c2cccc(Br)c2Cl)CC1. The number of likely N-dealkylation sites (tertiary alicyclic amines) is 1. The Morgan fingerprint density at radius 1 is 1.45 bits per heavy atom. The molecule has 0 aliphatic carbocycles. The molecule has 110 valence electrons. The van der Waals surface area contributed by atoms with Crippen molar-refractivity contribution >= 4 is 33.4 Å². The van der Waals surface area contributed by atoms with Gasteiger partial charge in [0.15, 0.2) is 0 Å². The molecule has 20 heavy (non-hydrogen) atoms. The molecule has 1 aromatic rings. The van der Waals surface area contributed by atoms with E-state index < -0.39 is 0 Å². The molecule has 0 aromatic heterocycles. The first-order valence-corrected chi connectivity index (χ1v) is 8.16. The van der Waals surface area contributed by atoms with Crippen LogP contribution in [0.15, 0.2) is 22.7 Å². The van der Waals surface area contributed by atoms with Crippen LogP contribution in [0.4, 0.5) is 0 Å². The molecule has 1 saturated heterocycles. The number of nitrogens with one attached hydrogen (secondary N) is 1. The van der Waals surface area contributed by atoms with Crippen LogP contribution in [-0.2, 0) is 0 Å². The Bertz CT molecular complexity index is 473. The predicted octanol–water partition coefficient (Wildman–Crippen LogP) is 3.56. The van der Waals surface area contributed by atoms with Gasteiger partial charge in [-0.1, -0.05) is 17.7 Å². The molecule has 1 N–H and O–H groups in total. The largest absolute Gasteiger partial charge is 0.352 e. The van der Waals surface area contributed by atoms with E-state index in [1.807, 2.05) is 12.1 Å². The molecule has 0 atom stereocenters. The lowest BCUT2D eigenvalue weighted by atomic mass is 9.94. The quantitative estimate of drug-likeness (QED) is 0.891. The van der Waals surface area contributed by atoms with Gasteiger partial charge in [-0.3, -0.25) is 4.79 Å². The zero-order valence-corrected chi connectivity index (χ0v) is 14.0. The van der Waals surface area contributed by atoms with E-state index in [-0.39, 0.29) is 5.91 Å². The zero-order chi connectivity index (χ0) is 14.5. The highest BCUT2D eigenvalue weighted by atomic mass is 79.9. The summed E-state index contributed by atoms with van der Waals surface area (Å²) < 4.78 is 0.752. The van der Waals surface area contributed by atoms with E-state index >= 15 is 0 Å². The maximum atomic E-state index is 12.1. The average molecular weight is 360 g/mol. The van der Waals surface area contributed by atoms with E-state index in [9.17, 15) is 4.79 Å². The van der Waals surface area contributed by atoms with Crippen molar-refractivity contribution in [1.82, 2.24) is 10.2 Å². The van der Waals surface area contributed by atoms with Gasteiger partial charge in [0, 0.05) is 11.0 Å². The van der Waals surface area contributed by atoms with Gasteiger partial charge in [-0.15, -0.1) is 0 Å². The minimum Gasteiger partial charge on any atom is -0.352 e. The summed E-state index contributed by atoms with van der Waals surface area (Å²) in [6.07, 6.45) is 3.50. The number of piperidine rings is 1. The molecule has 1 amide bonds. The summed E-state index contributed by atoms with van der Waals surface area (Å²) in [6, 6.07) is 5.40. The van der Waals surface area contributed by atoms with Crippen LogP contribution in [0.5, 0.6) is 0 Å². The van der Waals surface area contributed by atoms with E-state index in [4.69, 9.17) is 11.6 Å². The molecule has 2 rings (SSSR count). The van der Waals surface area contributed by atoms with Gasteiger partial charge in [-0.2, -0.15) is 0 Å². The third-order valence-corrected chi connectivity index (χ3v) is 5.17. The number of carbonyl (C=O) groups is 1. The molecule has 0 bridgehead atoms. The lowest BCUT2D eigenvalue weighted by Gasteiger charge is -2.28. The van der Waals surface area contributed by atoms with Crippen molar-refractivity contribution in [3.05, 3.63) is 33.3 Å². The van der Waals surface area contributed by atoms with Crippen LogP contribution in [-0.4, -0.2) is 37.5 Å². The van der Waals surface area contributed by atoms with Crippen LogP contribution in [0.3, 0.4) is 0 Å². The first kappa shape index (κ1) is 15.8. The molecular weight excluding hydrogens is 340 g/mol. The minimum atomic E-state index is -0.0933. The lowest BCUT2D eigenvalue weighted by molar-refractivity contribution is 0.0949. The molecule has 0 spiro atoms. The van der Waals surface area contributed by atoms with Crippen molar-refractivity contribution in [1.29, 1.82) is 0 Å². The van der Waals surface area contributed by atoms with E-state index in [1.54, 1.807) is 6.07 Å². The van der Waals surface area contributed by atoms with Crippen molar-refractivity contribution in [2.75, 3.05) is 26.7 Å². The smallest absolute Gasteiger partial charge is 0.252 e. The van der Waals surface area contributed by atoms with Crippen LogP contribution in [0.2, 0.25) is 5.02 Å². The fraction of sp³-hybridized carbons (Fsp3) is 0.533. The first-order chi connectivity index (χ1) is 9.58. The molecule has 3 nitrogen and oxygen atoms in total. The second-order valence-electron chi connectivity index (χ2n) is 5.39. The zero-order valence-electron chi connectivity index (χ0n) is 11.7. The number of halogens is 2. The number of benzene rings is 1. The van der Waals surface area contributed by atoms with E-state index in [0.29, 0.717) is 10.6 Å². The number of rotatable bonds is 4. The molecule has 5 heteroatoms. The van der Waals surface area contributed by atoms with Crippen molar-refractivity contribution in [3.63, 3.8) is 0 Å². The highest BCUT2D eigenvalue weighted by molar-refractivity contribution is 9.10. The van der Waals surface area contributed by atoms with Crippen molar-refractivity contribution in [2.24, 2.45) is 5.92 Å². The Balaban J connectivity index is 1.79. The fourth-order valence-electron chi connectivity index (χ4n) is 2.51. The second-order valence-corrected chi connectivity index (χ2v) is 6.62. The third-order valence-electron chi connectivity index (χ3n) is 3.87. The summed E-state index contributed by atoms with van der Waals surface area (Å²) >= 11 is 9.45. The summed E-state index contributed by atoms with van der Waals surface area (Å²) in [6.45, 7) is 3.04. The summed E-state index contributed by atoms with van der Waals surface area (Å²) in [5.41, 5.74) is 0.532. The van der Waals surface area contributed by atoms with Gasteiger partial charge in [-0.25, -0.2) is 0 Å². The van der Waals surface area contributed by atoms with Gasteiger partial charge in [0.1, 0.15) is 0 Å². The van der Waals surface area contributed by atoms with Gasteiger partial charge >= 0.3 is 0 Å². The molecule has 1 aromatic carbocycles. The topological polar surface area (TPSA) is 32.3 Å². The molecule has 1 heterocycles. The Kier molecular flexibility index (Phi) is 5.87. The molecule has 1 fully saturated rings. The summed E-state index contributed by atoms with van der Waals surface area (Å²) in [4.78, 5) is 14.4. The lowest BCUT2D eigenvalue weighted by Crippen LogP contribution is -2.32. The summed E-state index contributed by atoms with van der Waals surface area (Å²) in [5, 5.41) is 3.44. The summed E-state index contributed by atoms with van der Waals surface area (Å²) in [7, 11) is 2.16. The highest BCUT2D eigenvalue weighted by Gasteiger charge is 2.17. The van der Waals surface area contributed by atoms with Crippen LogP contribution >= 0.6 is 27.5 Å². The summed E-state index contributed by atoms with van der Waals surface area (Å²) in [5.74, 6) is 0.633. The monoisotopic (exact) mass is 358 g/mol. The van der Waals surface area contributed by atoms with Gasteiger partial charge in [0.2, 0.25) is 0 Å². The van der Waals surface area contributed by atoms with Gasteiger partial charge in [0.25, 0.3) is 5.91 Å². The Hall–Kier alpha value is -0.580. The maximum Gasteiger partial charge on any atom is 0.252 e. The molecule has 1 aliphatic rings. The number of carbonyl (C=O) groups excluding carboxylic acids is 1. The highest BCUT2D eigenvalue weighted by Crippen LogP contribution is 2.26. The standard InChI is InChI=1S/C15H20BrClN2O/c1-19-9-6-11(7-10-19)5-8-18-15(20)12-3-2-4-13(16)14(12)17/h2-4,11H,5-10H2,1H3,(H,18,20). The molecule has 0 saturated carbocycles. The minimum absolute atomic E-state index is 0.0933. The molecular formula is C15H20BrClN2O. The Morgan fingerprint density at radius 3 is 2.85 bits per heavy atom. The van der Waals surface area contributed by atoms with Crippen molar-refractivity contribution in [3.8, 4) is 0 Å². The van der Waals surface area contributed by atoms with Gasteiger partial charge < -0.3 is 10.2 Å². The fourth-order valence-corrected chi connectivity index (χ4v) is 3.09. The van der Waals surface area contributed by atoms with E-state index in [2.05, 4.69) is 33.2 Å². The normalized spacial score (nSPS) is 17.1. The van der Waals surface area contributed by atoms with E-state index in [0.717, 1.165) is 36.4 Å². The van der Waals surface area contributed by atoms with Gasteiger partial charge in [-0.05, 0) is 73.4 Å². The average Bonchev–Trinajstić information content (AvgIpc) is 2.44. The third kappa shape index (κ3) is 4.21. The number of hydrogen-bond acceptors (Lipinski definition) is 2. The Morgan fingerprint density at radius 2 is 2.15 bits per heavy atom. The van der Waals surface area contributed by atoms with Crippen LogP contribution in [0, 0.1) is 5.92 Å². The van der Waals surface area contributed by atoms with Crippen LogP contribution in [0.1, 0.15) is 29.6 Å². The number of nitrogens with zero attached hydrogens (tertiary/aromatic N) is 1. The number of amides is 1. The Labute approximate surface area is 133 Å². The first-order valence-electron chi connectivity index (χ1n) is 6.98. The van der Waals surface area contributed by atoms with Crippen LogP contribution < -0.4 is 5.32 Å². The predicted molar refractivity (Wildman–Crippen MR) is 86.3 cm³/mol. The van der Waals surface area contributed by atoms with Gasteiger partial charge in [0.05, 0.1) is 10.6 Å². The van der Waals surface area contributed by atoms with Crippen molar-refractivity contribution in [2.45, 2.75) is 19.3 Å². The van der Waals surface area contributed by atoms with Crippen molar-refractivity contribution < 1.29 is 4.79 Å². The molecule has 1 aliphatic heterocycles. The van der Waals surface area contributed by atoms with Crippen LogP contribution in [0.25, 0.3) is 0 Å². The maximum absolute atomic E-state index is 12.1. The van der Waals surface area contributed by atoms with E-state index in [1.165, 1.54) is 12.8 Å². The second kappa shape index (κ2) is 7.43. The number of hydrogen-bond donors (Lipinski definition) is 1. The molecule has 0 unspecified atom stereocenters. The molecule has 0 radical (unpaired) electrons.